The average molecular weight is 828 g/mol. The van der Waals surface area contributed by atoms with Crippen molar-refractivity contribution >= 4 is 18.0 Å². The van der Waals surface area contributed by atoms with E-state index >= 15 is 0 Å². The van der Waals surface area contributed by atoms with E-state index in [4.69, 9.17) is 19.9 Å². The number of unbranched alkanes of at least 4 members (excludes halogenated alkanes) is 3. The summed E-state index contributed by atoms with van der Waals surface area (Å²) in [4.78, 5) is 40.3. The van der Waals surface area contributed by atoms with Gasteiger partial charge in [0.05, 0.1) is 6.10 Å². The number of aliphatic hydroxyl groups excluding tert-OH is 2. The third-order valence-corrected chi connectivity index (χ3v) is 13.4. The van der Waals surface area contributed by atoms with E-state index in [9.17, 15) is 33.4 Å². The number of alkyl carbamates (subject to hydrolysis) is 2. The highest BCUT2D eigenvalue weighted by atomic mass is 19.3. The third-order valence-electron chi connectivity index (χ3n) is 13.4. The van der Waals surface area contributed by atoms with Gasteiger partial charge >= 0.3 is 23.8 Å². The lowest BCUT2D eigenvalue weighted by molar-refractivity contribution is -0.140. The number of nitrogens with one attached hydrogen (secondary N) is 2. The molecule has 6 N–H and O–H groups in total. The predicted molar refractivity (Wildman–Crippen MR) is 218 cm³/mol. The first-order valence-corrected chi connectivity index (χ1v) is 21.5. The molecule has 0 spiro atoms. The van der Waals surface area contributed by atoms with E-state index in [2.05, 4.69) is 60.3 Å². The summed E-state index contributed by atoms with van der Waals surface area (Å²) in [5.74, 6) is -1.93. The molecule has 1 aromatic heterocycles. The van der Waals surface area contributed by atoms with Gasteiger partial charge in [-0.3, -0.25) is 4.57 Å². The number of nitrogens with two attached hydrogens (primary N) is 1. The zero-order valence-electron chi connectivity index (χ0n) is 34.5. The number of alkyl halides is 2. The summed E-state index contributed by atoms with van der Waals surface area (Å²) >= 11 is 0. The van der Waals surface area contributed by atoms with Crippen molar-refractivity contribution in [2.24, 2.45) is 29.1 Å². The van der Waals surface area contributed by atoms with E-state index in [1.54, 1.807) is 0 Å². The van der Waals surface area contributed by atoms with E-state index in [0.29, 0.717) is 47.6 Å². The number of halogens is 2. The number of aliphatic hydroxyl groups is 2. The van der Waals surface area contributed by atoms with Gasteiger partial charge in [-0.15, -0.1) is 0 Å². The summed E-state index contributed by atoms with van der Waals surface area (Å²) in [7, 11) is 0. The number of aromatic nitrogens is 2. The molecule has 2 heterocycles. The van der Waals surface area contributed by atoms with Crippen LogP contribution < -0.4 is 22.1 Å². The Hall–Kier alpha value is -4.08. The van der Waals surface area contributed by atoms with Gasteiger partial charge in [-0.1, -0.05) is 63.1 Å². The van der Waals surface area contributed by atoms with E-state index in [1.165, 1.54) is 31.3 Å². The van der Waals surface area contributed by atoms with Crippen LogP contribution in [0.25, 0.3) is 0 Å². The van der Waals surface area contributed by atoms with Gasteiger partial charge in [-0.05, 0) is 123 Å². The van der Waals surface area contributed by atoms with Gasteiger partial charge in [0.15, 0.2) is 6.10 Å². The molecule has 7 unspecified atom stereocenters. The number of nitrogens with zero attached hydrogens (tertiary/aromatic N) is 2. The smallest absolute Gasteiger partial charge is 0.407 e. The van der Waals surface area contributed by atoms with Crippen molar-refractivity contribution in [3.8, 4) is 0 Å². The molecule has 0 radical (unpaired) electrons. The highest BCUT2D eigenvalue weighted by Gasteiger charge is 2.60. The second-order valence-corrected chi connectivity index (χ2v) is 17.5. The number of ether oxygens (including phenoxy) is 3. The molecule has 326 valence electrons. The van der Waals surface area contributed by atoms with Gasteiger partial charge in [-0.2, -0.15) is 13.8 Å². The van der Waals surface area contributed by atoms with Gasteiger partial charge in [0.2, 0.25) is 6.23 Å². The fraction of sp³-hybridized carbons (Fsp3) is 0.682. The van der Waals surface area contributed by atoms with Crippen LogP contribution in [0.2, 0.25) is 0 Å². The molecule has 13 nitrogen and oxygen atoms in total. The highest BCUT2D eigenvalue weighted by molar-refractivity contribution is 5.68. The number of carbonyl (C=O) groups is 2. The molecule has 1 aliphatic heterocycles. The second kappa shape index (κ2) is 19.5. The molecule has 59 heavy (non-hydrogen) atoms. The second-order valence-electron chi connectivity index (χ2n) is 17.5. The zero-order valence-corrected chi connectivity index (χ0v) is 34.5. The summed E-state index contributed by atoms with van der Waals surface area (Å²) < 4.78 is 45.9. The normalized spacial score (nSPS) is 31.6. The first kappa shape index (κ1) is 44.5. The molecule has 0 aromatic carbocycles. The quantitative estimate of drug-likeness (QED) is 0.0870. The first-order valence-electron chi connectivity index (χ1n) is 21.5. The minimum Gasteiger partial charge on any atom is -0.447 e. The fourth-order valence-corrected chi connectivity index (χ4v) is 9.78. The van der Waals surface area contributed by atoms with Crippen LogP contribution in [0.3, 0.4) is 0 Å². The van der Waals surface area contributed by atoms with E-state index in [0.717, 1.165) is 74.8 Å². The van der Waals surface area contributed by atoms with Crippen LogP contribution in [0.4, 0.5) is 24.2 Å². The molecule has 0 bridgehead atoms. The van der Waals surface area contributed by atoms with Crippen LogP contribution in [0, 0.1) is 29.1 Å². The lowest BCUT2D eigenvalue weighted by atomic mass is 9.61. The summed E-state index contributed by atoms with van der Waals surface area (Å²) in [5, 5.41) is 25.9. The minimum absolute atomic E-state index is 0.153. The Morgan fingerprint density at radius 2 is 1.80 bits per heavy atom. The maximum absolute atomic E-state index is 14.7. The summed E-state index contributed by atoms with van der Waals surface area (Å²) in [6, 6.07) is 1.15. The van der Waals surface area contributed by atoms with Crippen molar-refractivity contribution in [3.63, 3.8) is 0 Å². The molecule has 5 aliphatic rings. The summed E-state index contributed by atoms with van der Waals surface area (Å²) in [6.07, 6.45) is 15.5. The Bertz CT molecular complexity index is 1810. The van der Waals surface area contributed by atoms with E-state index in [1.807, 2.05) is 0 Å². The van der Waals surface area contributed by atoms with Crippen LogP contribution in [-0.2, 0) is 14.2 Å². The van der Waals surface area contributed by atoms with Crippen LogP contribution >= 0.6 is 0 Å². The van der Waals surface area contributed by atoms with Gasteiger partial charge in [0, 0.05) is 19.3 Å². The lowest BCUT2D eigenvalue weighted by Gasteiger charge is -2.44. The summed E-state index contributed by atoms with van der Waals surface area (Å²) in [6.45, 7) is 9.20. The Kier molecular flexibility index (Phi) is 14.7. The highest BCUT2D eigenvalue weighted by Crippen LogP contribution is 2.59. The largest absolute Gasteiger partial charge is 0.447 e. The summed E-state index contributed by atoms with van der Waals surface area (Å²) in [5.41, 5.74) is 8.15. The minimum atomic E-state index is -3.85. The van der Waals surface area contributed by atoms with Crippen LogP contribution in [0.5, 0.6) is 0 Å². The Balaban J connectivity index is 0.850. The van der Waals surface area contributed by atoms with Gasteiger partial charge in [-0.25, -0.2) is 14.4 Å². The van der Waals surface area contributed by atoms with Crippen molar-refractivity contribution in [1.82, 2.24) is 20.2 Å². The maximum Gasteiger partial charge on any atom is 0.407 e. The standard InChI is InChI=1S/C44H63F2N5O8/c1-27(13-20-34(52)31-16-17-31)32-18-19-33-30(11-9-22-43(32,33)3)15-14-29-10-8-12-35(28(29)2)59-42(56)49-24-7-5-4-6-23-48-41(55)57-26-36-38(53)44(45,46)39(58-36)51-25-21-37(47)50-40(51)54/h13-15,20-21,25,27,31-36,38-39,52-53H,2,4-12,16-19,22-24,26H2,1,3H3,(H,48,55)(H,49,56)(H2,47,50,54)/b20-13+,29-14-,30-15+/t27-,32?,33?,34?,35?,36?,38?,39?,43+/m0/s1. The van der Waals surface area contributed by atoms with E-state index in [-0.39, 0.29) is 30.0 Å². The molecule has 5 fully saturated rings. The van der Waals surface area contributed by atoms with Crippen molar-refractivity contribution in [1.29, 1.82) is 0 Å². The maximum atomic E-state index is 14.7. The van der Waals surface area contributed by atoms with Crippen LogP contribution in [0.1, 0.15) is 110 Å². The molecule has 15 heteroatoms. The monoisotopic (exact) mass is 827 g/mol. The lowest BCUT2D eigenvalue weighted by Crippen LogP contribution is -2.42. The van der Waals surface area contributed by atoms with Crippen LogP contribution in [0.15, 0.2) is 64.7 Å². The molecule has 1 saturated heterocycles. The van der Waals surface area contributed by atoms with Gasteiger partial charge < -0.3 is 40.8 Å². The number of hydrogen-bond acceptors (Lipinski definition) is 10. The molecule has 6 rings (SSSR count). The molecule has 4 aliphatic carbocycles. The van der Waals surface area contributed by atoms with Crippen LogP contribution in [-0.4, -0.2) is 82.0 Å². The number of hydrogen-bond donors (Lipinski definition) is 5. The average Bonchev–Trinajstić information content (AvgIpc) is 3.95. The number of rotatable bonds is 16. The number of amides is 2. The molecule has 9 atom stereocenters. The number of fused-ring (bicyclic) bond motifs is 1. The first-order chi connectivity index (χ1) is 28.2. The fourth-order valence-electron chi connectivity index (χ4n) is 9.78. The molecule has 2 amide bonds. The predicted octanol–water partition coefficient (Wildman–Crippen LogP) is 6.87. The third kappa shape index (κ3) is 10.8. The van der Waals surface area contributed by atoms with Crippen molar-refractivity contribution in [2.45, 2.75) is 140 Å². The number of carbonyl (C=O) groups excluding carboxylic acids is 2. The molecular weight excluding hydrogens is 765 g/mol. The topological polar surface area (TPSA) is 187 Å². The molecule has 4 saturated carbocycles. The SMILES string of the molecule is C=C1/C(=C\C=C2/CCC[C@@]3(C)C2CCC3[C@@H](C)/C=C/C(O)C2CC2)CCCC1OC(=O)NCCCCCCNC(=O)OCC1OC(n2ccc(N)nc2=O)C(F)(F)C1O. The number of anilines is 1. The van der Waals surface area contributed by atoms with Crippen molar-refractivity contribution in [3.05, 3.63) is 70.3 Å². The Morgan fingerprint density at radius 3 is 2.51 bits per heavy atom. The van der Waals surface area contributed by atoms with Gasteiger partial charge in [0.1, 0.15) is 24.6 Å². The number of nitrogen functional groups attached to an aromatic ring is 1. The molecular formula is C44H63F2N5O8. The molecule has 1 aromatic rings. The Labute approximate surface area is 345 Å². The van der Waals surface area contributed by atoms with Crippen molar-refractivity contribution < 1.29 is 42.8 Å². The zero-order chi connectivity index (χ0) is 42.3. The Morgan fingerprint density at radius 1 is 1.07 bits per heavy atom. The van der Waals surface area contributed by atoms with Gasteiger partial charge in [0.25, 0.3) is 0 Å². The van der Waals surface area contributed by atoms with Crippen molar-refractivity contribution in [2.75, 3.05) is 25.4 Å². The number of allylic oxidation sites excluding steroid dienone is 4. The van der Waals surface area contributed by atoms with E-state index < -0.39 is 48.8 Å².